The van der Waals surface area contributed by atoms with Crippen LogP contribution in [0.25, 0.3) is 0 Å². The second kappa shape index (κ2) is 6.76. The number of anilines is 2. The van der Waals surface area contributed by atoms with Gasteiger partial charge in [0.1, 0.15) is 0 Å². The fourth-order valence-electron chi connectivity index (χ4n) is 1.63. The monoisotopic (exact) mass is 249 g/mol. The zero-order valence-electron chi connectivity index (χ0n) is 10.7. The Morgan fingerprint density at radius 2 is 2.00 bits per heavy atom. The molecule has 98 valence electrons. The van der Waals surface area contributed by atoms with Crippen LogP contribution >= 0.6 is 0 Å². The van der Waals surface area contributed by atoms with Gasteiger partial charge in [-0.15, -0.1) is 0 Å². The molecule has 0 aliphatic carbocycles. The van der Waals surface area contributed by atoms with Gasteiger partial charge in [0, 0.05) is 31.3 Å². The molecule has 0 radical (unpaired) electrons. The zero-order valence-corrected chi connectivity index (χ0v) is 10.7. The molecule has 0 heterocycles. The van der Waals surface area contributed by atoms with Gasteiger partial charge in [0.25, 0.3) is 0 Å². The Bertz CT molecular complexity index is 444. The third-order valence-electron chi connectivity index (χ3n) is 2.46. The molecule has 0 aliphatic rings. The number of nitrogens with one attached hydrogen (secondary N) is 2. The predicted molar refractivity (Wildman–Crippen MR) is 72.4 cm³/mol. The second-order valence-corrected chi connectivity index (χ2v) is 3.99. The Hall–Kier alpha value is -1.88. The van der Waals surface area contributed by atoms with E-state index in [1.165, 1.54) is 6.92 Å². The van der Waals surface area contributed by atoms with E-state index in [-0.39, 0.29) is 18.2 Å². The van der Waals surface area contributed by atoms with E-state index >= 15 is 0 Å². The summed E-state index contributed by atoms with van der Waals surface area (Å²) in [5.41, 5.74) is 7.75. The zero-order chi connectivity index (χ0) is 13.5. The van der Waals surface area contributed by atoms with Crippen LogP contribution < -0.4 is 16.4 Å². The molecule has 0 aliphatic heterocycles. The fraction of sp³-hybridized carbons (Fsp3) is 0.385. The lowest BCUT2D eigenvalue weighted by Crippen LogP contribution is -2.17. The van der Waals surface area contributed by atoms with Crippen LogP contribution in [0.15, 0.2) is 18.2 Å². The molecule has 0 saturated heterocycles. The number of benzene rings is 1. The van der Waals surface area contributed by atoms with Crippen LogP contribution in [0.4, 0.5) is 11.4 Å². The molecule has 1 rings (SSSR count). The molecule has 1 aromatic carbocycles. The molecule has 4 N–H and O–H groups in total. The largest absolute Gasteiger partial charge is 0.330 e. The van der Waals surface area contributed by atoms with Crippen molar-refractivity contribution in [2.75, 3.05) is 17.2 Å². The maximum atomic E-state index is 11.5. The van der Waals surface area contributed by atoms with Gasteiger partial charge in [0.05, 0.1) is 0 Å². The van der Waals surface area contributed by atoms with Gasteiger partial charge in [-0.3, -0.25) is 9.59 Å². The molecule has 1 aromatic rings. The molecule has 5 heteroatoms. The first-order valence-corrected chi connectivity index (χ1v) is 5.97. The minimum absolute atomic E-state index is 0.118. The van der Waals surface area contributed by atoms with Gasteiger partial charge >= 0.3 is 0 Å². The van der Waals surface area contributed by atoms with Crippen LogP contribution in [0.5, 0.6) is 0 Å². The number of nitrogens with two attached hydrogens (primary N) is 1. The van der Waals surface area contributed by atoms with Gasteiger partial charge in [-0.25, -0.2) is 0 Å². The first-order chi connectivity index (χ1) is 8.56. The van der Waals surface area contributed by atoms with Crippen molar-refractivity contribution in [2.24, 2.45) is 5.73 Å². The van der Waals surface area contributed by atoms with Crippen molar-refractivity contribution < 1.29 is 9.59 Å². The van der Waals surface area contributed by atoms with Gasteiger partial charge in [-0.05, 0) is 24.1 Å². The van der Waals surface area contributed by atoms with E-state index in [0.717, 1.165) is 17.7 Å². The van der Waals surface area contributed by atoms with Crippen LogP contribution in [-0.2, 0) is 16.0 Å². The number of rotatable bonds is 5. The summed E-state index contributed by atoms with van der Waals surface area (Å²) in [7, 11) is 0. The van der Waals surface area contributed by atoms with Crippen LogP contribution in [0.1, 0.15) is 25.8 Å². The highest BCUT2D eigenvalue weighted by molar-refractivity contribution is 5.94. The van der Waals surface area contributed by atoms with Gasteiger partial charge in [-0.2, -0.15) is 0 Å². The van der Waals surface area contributed by atoms with Crippen LogP contribution in [-0.4, -0.2) is 18.4 Å². The van der Waals surface area contributed by atoms with Gasteiger partial charge in [0.15, 0.2) is 0 Å². The number of aryl methyl sites for hydroxylation is 1. The van der Waals surface area contributed by atoms with E-state index in [1.54, 1.807) is 6.07 Å². The first-order valence-electron chi connectivity index (χ1n) is 5.97. The number of hydrogen-bond acceptors (Lipinski definition) is 3. The molecule has 5 nitrogen and oxygen atoms in total. The Balaban J connectivity index is 2.91. The lowest BCUT2D eigenvalue weighted by molar-refractivity contribution is -0.116. The highest BCUT2D eigenvalue weighted by Gasteiger charge is 2.07. The molecular formula is C13H19N3O2. The molecule has 0 atom stereocenters. The predicted octanol–water partition coefficient (Wildman–Crippen LogP) is 1.49. The number of hydrogen-bond donors (Lipinski definition) is 3. The van der Waals surface area contributed by atoms with E-state index < -0.39 is 0 Å². The summed E-state index contributed by atoms with van der Waals surface area (Å²) in [6, 6.07) is 5.47. The summed E-state index contributed by atoms with van der Waals surface area (Å²) in [5, 5.41) is 5.49. The summed E-state index contributed by atoms with van der Waals surface area (Å²) in [5.74, 6) is -0.259. The van der Waals surface area contributed by atoms with Crippen LogP contribution in [0.3, 0.4) is 0 Å². The molecule has 0 saturated carbocycles. The minimum atomic E-state index is -0.140. The summed E-state index contributed by atoms with van der Waals surface area (Å²) in [4.78, 5) is 22.5. The van der Waals surface area contributed by atoms with Crippen LogP contribution in [0.2, 0.25) is 0 Å². The molecule has 0 spiro atoms. The average molecular weight is 249 g/mol. The maximum absolute atomic E-state index is 11.5. The summed E-state index contributed by atoms with van der Waals surface area (Å²) >= 11 is 0. The Kier molecular flexibility index (Phi) is 5.32. The molecular weight excluding hydrogens is 230 g/mol. The SMILES string of the molecule is CCc1ccc(NC(C)=O)cc1NC(=O)CCN. The molecule has 0 aromatic heterocycles. The average Bonchev–Trinajstić information content (AvgIpc) is 2.28. The van der Waals surface area contributed by atoms with Gasteiger partial charge in [0.2, 0.25) is 11.8 Å². The molecule has 2 amide bonds. The lowest BCUT2D eigenvalue weighted by atomic mass is 10.1. The smallest absolute Gasteiger partial charge is 0.225 e. The Morgan fingerprint density at radius 3 is 2.56 bits per heavy atom. The molecule has 0 unspecified atom stereocenters. The summed E-state index contributed by atoms with van der Waals surface area (Å²) in [6.07, 6.45) is 1.09. The lowest BCUT2D eigenvalue weighted by Gasteiger charge is -2.12. The Morgan fingerprint density at radius 1 is 1.28 bits per heavy atom. The van der Waals surface area contributed by atoms with E-state index in [9.17, 15) is 9.59 Å². The van der Waals surface area contributed by atoms with Crippen molar-refractivity contribution in [1.82, 2.24) is 0 Å². The second-order valence-electron chi connectivity index (χ2n) is 3.99. The van der Waals surface area contributed by atoms with Crippen molar-refractivity contribution in [3.05, 3.63) is 23.8 Å². The topological polar surface area (TPSA) is 84.2 Å². The summed E-state index contributed by atoms with van der Waals surface area (Å²) in [6.45, 7) is 3.77. The fourth-order valence-corrected chi connectivity index (χ4v) is 1.63. The normalized spacial score (nSPS) is 9.94. The van der Waals surface area contributed by atoms with Crippen molar-refractivity contribution in [1.29, 1.82) is 0 Å². The quantitative estimate of drug-likeness (QED) is 0.739. The number of amides is 2. The Labute approximate surface area is 107 Å². The number of carbonyl (C=O) groups is 2. The van der Waals surface area contributed by atoms with Crippen molar-refractivity contribution in [3.63, 3.8) is 0 Å². The van der Waals surface area contributed by atoms with Gasteiger partial charge in [-0.1, -0.05) is 13.0 Å². The van der Waals surface area contributed by atoms with E-state index in [2.05, 4.69) is 10.6 Å². The van der Waals surface area contributed by atoms with Gasteiger partial charge < -0.3 is 16.4 Å². The van der Waals surface area contributed by atoms with Crippen molar-refractivity contribution >= 4 is 23.2 Å². The van der Waals surface area contributed by atoms with E-state index in [4.69, 9.17) is 5.73 Å². The third-order valence-corrected chi connectivity index (χ3v) is 2.46. The van der Waals surface area contributed by atoms with E-state index in [1.807, 2.05) is 19.1 Å². The van der Waals surface area contributed by atoms with Crippen LogP contribution in [0, 0.1) is 0 Å². The molecule has 0 fully saturated rings. The maximum Gasteiger partial charge on any atom is 0.225 e. The van der Waals surface area contributed by atoms with E-state index in [0.29, 0.717) is 12.2 Å². The summed E-state index contributed by atoms with van der Waals surface area (Å²) < 4.78 is 0. The van der Waals surface area contributed by atoms with Crippen molar-refractivity contribution in [3.8, 4) is 0 Å². The minimum Gasteiger partial charge on any atom is -0.330 e. The third kappa shape index (κ3) is 4.18. The first kappa shape index (κ1) is 14.2. The highest BCUT2D eigenvalue weighted by atomic mass is 16.2. The molecule has 18 heavy (non-hydrogen) atoms. The standard InChI is InChI=1S/C13H19N3O2/c1-3-10-4-5-11(15-9(2)17)8-12(10)16-13(18)6-7-14/h4-5,8H,3,6-7,14H2,1-2H3,(H,15,17)(H,16,18). The molecule has 0 bridgehead atoms. The highest BCUT2D eigenvalue weighted by Crippen LogP contribution is 2.21. The van der Waals surface area contributed by atoms with Crippen molar-refractivity contribution in [2.45, 2.75) is 26.7 Å². The number of carbonyl (C=O) groups excluding carboxylic acids is 2.